The second kappa shape index (κ2) is 9.89. The van der Waals surface area contributed by atoms with Gasteiger partial charge in [0.25, 0.3) is 0 Å². The van der Waals surface area contributed by atoms with Crippen molar-refractivity contribution in [2.24, 2.45) is 5.92 Å². The van der Waals surface area contributed by atoms with Gasteiger partial charge in [-0.15, -0.1) is 0 Å². The lowest BCUT2D eigenvalue weighted by atomic mass is 9.77. The van der Waals surface area contributed by atoms with Gasteiger partial charge in [0, 0.05) is 3.57 Å². The first-order valence-electron chi connectivity index (χ1n) is 9.15. The fourth-order valence-electron chi connectivity index (χ4n) is 3.76. The molecule has 1 aliphatic carbocycles. The minimum Gasteiger partial charge on any atom is -0.206 e. The van der Waals surface area contributed by atoms with Crippen molar-refractivity contribution in [3.05, 3.63) is 33.1 Å². The van der Waals surface area contributed by atoms with Crippen molar-refractivity contribution in [3.63, 3.8) is 0 Å². The summed E-state index contributed by atoms with van der Waals surface area (Å²) < 4.78 is 14.4. The zero-order chi connectivity index (χ0) is 15.8. The van der Waals surface area contributed by atoms with Gasteiger partial charge in [-0.25, -0.2) is 4.39 Å². The average molecular weight is 416 g/mol. The van der Waals surface area contributed by atoms with E-state index in [9.17, 15) is 4.39 Å². The van der Waals surface area contributed by atoms with Crippen LogP contribution >= 0.6 is 22.6 Å². The minimum absolute atomic E-state index is 0.0488. The minimum atomic E-state index is -0.0488. The summed E-state index contributed by atoms with van der Waals surface area (Å²) in [5.41, 5.74) is 1.22. The number of benzene rings is 1. The molecular formula is C20H30FI. The highest BCUT2D eigenvalue weighted by Crippen LogP contribution is 2.38. The number of rotatable bonds is 8. The highest BCUT2D eigenvalue weighted by molar-refractivity contribution is 14.1. The van der Waals surface area contributed by atoms with Crippen molar-refractivity contribution >= 4 is 22.6 Å². The predicted molar refractivity (Wildman–Crippen MR) is 102 cm³/mol. The van der Waals surface area contributed by atoms with Gasteiger partial charge in [-0.05, 0) is 77.8 Å². The van der Waals surface area contributed by atoms with Gasteiger partial charge < -0.3 is 0 Å². The van der Waals surface area contributed by atoms with Crippen LogP contribution in [0, 0.1) is 15.3 Å². The number of halogens is 2. The molecule has 1 aromatic rings. The molecule has 0 nitrogen and oxygen atoms in total. The molecule has 1 fully saturated rings. The summed E-state index contributed by atoms with van der Waals surface area (Å²) in [4.78, 5) is 0. The molecule has 22 heavy (non-hydrogen) atoms. The number of hydrogen-bond donors (Lipinski definition) is 0. The fraction of sp³-hybridized carbons (Fsp3) is 0.700. The van der Waals surface area contributed by atoms with E-state index in [4.69, 9.17) is 0 Å². The van der Waals surface area contributed by atoms with Gasteiger partial charge in [0.1, 0.15) is 5.82 Å². The molecule has 1 saturated carbocycles. The fourth-order valence-corrected chi connectivity index (χ4v) is 4.10. The monoisotopic (exact) mass is 416 g/mol. The third kappa shape index (κ3) is 5.82. The van der Waals surface area contributed by atoms with Crippen molar-refractivity contribution < 1.29 is 4.39 Å². The van der Waals surface area contributed by atoms with Crippen molar-refractivity contribution in [2.75, 3.05) is 0 Å². The Kier molecular flexibility index (Phi) is 8.19. The molecule has 0 N–H and O–H groups in total. The highest BCUT2D eigenvalue weighted by Gasteiger charge is 2.22. The summed E-state index contributed by atoms with van der Waals surface area (Å²) in [5, 5.41) is 0. The molecule has 0 saturated heterocycles. The first-order chi connectivity index (χ1) is 10.7. The maximum absolute atomic E-state index is 13.7. The lowest BCUT2D eigenvalue weighted by Crippen LogP contribution is -2.13. The zero-order valence-corrected chi connectivity index (χ0v) is 16.1. The van der Waals surface area contributed by atoms with Crippen molar-refractivity contribution in [1.82, 2.24) is 0 Å². The molecule has 0 amide bonds. The van der Waals surface area contributed by atoms with Gasteiger partial charge in [0.15, 0.2) is 0 Å². The largest absolute Gasteiger partial charge is 0.206 e. The van der Waals surface area contributed by atoms with Crippen LogP contribution in [0.5, 0.6) is 0 Å². The number of unbranched alkanes of at least 4 members (excludes halogenated alkanes) is 5. The Morgan fingerprint density at radius 2 is 1.68 bits per heavy atom. The Hall–Kier alpha value is -0.120. The van der Waals surface area contributed by atoms with Crippen LogP contribution in [0.4, 0.5) is 4.39 Å². The predicted octanol–water partition coefficient (Wildman–Crippen LogP) is 7.45. The van der Waals surface area contributed by atoms with Gasteiger partial charge in [-0.3, -0.25) is 0 Å². The van der Waals surface area contributed by atoms with Crippen LogP contribution < -0.4 is 0 Å². The summed E-state index contributed by atoms with van der Waals surface area (Å²) in [6, 6.07) is 5.82. The van der Waals surface area contributed by atoms with Crippen LogP contribution in [0.3, 0.4) is 0 Å². The van der Waals surface area contributed by atoms with Crippen LogP contribution in [0.2, 0.25) is 0 Å². The third-order valence-electron chi connectivity index (χ3n) is 5.23. The van der Waals surface area contributed by atoms with Crippen LogP contribution in [-0.2, 0) is 0 Å². The van der Waals surface area contributed by atoms with Crippen LogP contribution in [0.15, 0.2) is 18.2 Å². The quantitative estimate of drug-likeness (QED) is 0.305. The summed E-state index contributed by atoms with van der Waals surface area (Å²) in [6.45, 7) is 2.28. The molecule has 2 heteroatoms. The van der Waals surface area contributed by atoms with Crippen LogP contribution in [-0.4, -0.2) is 0 Å². The van der Waals surface area contributed by atoms with Crippen LogP contribution in [0.25, 0.3) is 0 Å². The summed E-state index contributed by atoms with van der Waals surface area (Å²) >= 11 is 2.07. The van der Waals surface area contributed by atoms with E-state index < -0.39 is 0 Å². The Labute approximate surface area is 149 Å². The van der Waals surface area contributed by atoms with E-state index in [1.807, 2.05) is 6.07 Å². The molecule has 0 heterocycles. The first kappa shape index (κ1) is 18.2. The molecule has 124 valence electrons. The third-order valence-corrected chi connectivity index (χ3v) is 6.10. The first-order valence-corrected chi connectivity index (χ1v) is 10.2. The molecule has 0 aromatic heterocycles. The highest BCUT2D eigenvalue weighted by atomic mass is 127. The second-order valence-electron chi connectivity index (χ2n) is 6.95. The van der Waals surface area contributed by atoms with Crippen molar-refractivity contribution in [1.29, 1.82) is 0 Å². The molecule has 0 bridgehead atoms. The molecule has 0 radical (unpaired) electrons. The Morgan fingerprint density at radius 1 is 1.00 bits per heavy atom. The van der Waals surface area contributed by atoms with Gasteiger partial charge in [-0.2, -0.15) is 0 Å². The zero-order valence-electron chi connectivity index (χ0n) is 13.9. The normalized spacial score (nSPS) is 22.0. The van der Waals surface area contributed by atoms with E-state index >= 15 is 0 Å². The summed E-state index contributed by atoms with van der Waals surface area (Å²) in [5.74, 6) is 1.47. The van der Waals surface area contributed by atoms with Gasteiger partial charge >= 0.3 is 0 Å². The van der Waals surface area contributed by atoms with Crippen molar-refractivity contribution in [3.8, 4) is 0 Å². The molecule has 0 aliphatic heterocycles. The van der Waals surface area contributed by atoms with Gasteiger partial charge in [0.05, 0.1) is 0 Å². The molecule has 0 unspecified atom stereocenters. The summed E-state index contributed by atoms with van der Waals surface area (Å²) in [6.07, 6.45) is 15.0. The molecule has 2 rings (SSSR count). The maximum Gasteiger partial charge on any atom is 0.136 e. The second-order valence-corrected chi connectivity index (χ2v) is 8.11. The Balaban J connectivity index is 1.66. The van der Waals surface area contributed by atoms with E-state index in [1.54, 1.807) is 6.07 Å². The smallest absolute Gasteiger partial charge is 0.136 e. The summed E-state index contributed by atoms with van der Waals surface area (Å²) in [7, 11) is 0. The van der Waals surface area contributed by atoms with E-state index in [0.29, 0.717) is 5.92 Å². The lowest BCUT2D eigenvalue weighted by Gasteiger charge is -2.29. The Bertz CT molecular complexity index is 435. The average Bonchev–Trinajstić information content (AvgIpc) is 2.54. The van der Waals surface area contributed by atoms with E-state index in [2.05, 4.69) is 35.6 Å². The molecule has 0 spiro atoms. The molecule has 1 aliphatic rings. The molecule has 1 aromatic carbocycles. The Morgan fingerprint density at radius 3 is 2.36 bits per heavy atom. The number of hydrogen-bond acceptors (Lipinski definition) is 0. The molecular weight excluding hydrogens is 386 g/mol. The topological polar surface area (TPSA) is 0 Å². The standard InChI is InChI=1S/C20H30FI/c1-2-3-4-5-6-7-8-16-9-11-17(12-10-16)18-13-14-20(22)19(21)15-18/h13-17H,2-12H2,1H3. The lowest BCUT2D eigenvalue weighted by molar-refractivity contribution is 0.301. The maximum atomic E-state index is 13.7. The van der Waals surface area contributed by atoms with E-state index in [1.165, 1.54) is 76.2 Å². The van der Waals surface area contributed by atoms with Crippen molar-refractivity contribution in [2.45, 2.75) is 83.5 Å². The van der Waals surface area contributed by atoms with Gasteiger partial charge in [-0.1, -0.05) is 57.9 Å². The SMILES string of the molecule is CCCCCCCCC1CCC(c2ccc(I)c(F)c2)CC1. The van der Waals surface area contributed by atoms with Crippen LogP contribution in [0.1, 0.15) is 89.0 Å². The van der Waals surface area contributed by atoms with E-state index in [0.717, 1.165) is 9.49 Å². The van der Waals surface area contributed by atoms with E-state index in [-0.39, 0.29) is 5.82 Å². The van der Waals surface area contributed by atoms with Gasteiger partial charge in [0.2, 0.25) is 0 Å². The molecule has 0 atom stereocenters.